The van der Waals surface area contributed by atoms with Crippen LogP contribution < -0.4 is 0 Å². The molecule has 1 aliphatic rings. The number of aryl methyl sites for hydroxylation is 1. The van der Waals surface area contributed by atoms with Crippen molar-refractivity contribution >= 4 is 20.8 Å². The summed E-state index contributed by atoms with van der Waals surface area (Å²) in [5.74, 6) is 1.17. The number of nitrogens with zero attached hydrogens (tertiary/aromatic N) is 4. The molecule has 136 valence electrons. The maximum absolute atomic E-state index is 13.0. The topological polar surface area (TPSA) is 79.5 Å². The summed E-state index contributed by atoms with van der Waals surface area (Å²) in [4.78, 5) is 6.68. The van der Waals surface area contributed by atoms with Crippen LogP contribution in [0.1, 0.15) is 11.7 Å². The minimum Gasteiger partial charge on any atom is -0.340 e. The summed E-state index contributed by atoms with van der Waals surface area (Å²) in [6, 6.07) is 13.1. The summed E-state index contributed by atoms with van der Waals surface area (Å²) in [6.45, 7) is 4.50. The second-order valence-corrected chi connectivity index (χ2v) is 8.36. The molecule has 1 aromatic heterocycles. The van der Waals surface area contributed by atoms with Gasteiger partial charge in [0.15, 0.2) is 5.82 Å². The van der Waals surface area contributed by atoms with Crippen LogP contribution >= 0.6 is 0 Å². The fraction of sp³-hybridized carbons (Fsp3) is 0.333. The van der Waals surface area contributed by atoms with Crippen molar-refractivity contribution in [3.05, 3.63) is 54.2 Å². The monoisotopic (exact) mass is 372 g/mol. The number of hydrogen-bond donors (Lipinski definition) is 0. The third-order valence-corrected chi connectivity index (χ3v) is 6.52. The summed E-state index contributed by atoms with van der Waals surface area (Å²) < 4.78 is 32.5. The summed E-state index contributed by atoms with van der Waals surface area (Å²) in [6.07, 6.45) is 0. The molecule has 0 bridgehead atoms. The molecule has 0 saturated carbocycles. The molecule has 2 heterocycles. The van der Waals surface area contributed by atoms with E-state index in [9.17, 15) is 8.42 Å². The van der Waals surface area contributed by atoms with Gasteiger partial charge in [-0.2, -0.15) is 9.29 Å². The number of aromatic nitrogens is 2. The molecule has 0 aliphatic carbocycles. The molecule has 3 aromatic rings. The van der Waals surface area contributed by atoms with E-state index in [2.05, 4.69) is 15.0 Å². The lowest BCUT2D eigenvalue weighted by Gasteiger charge is -2.33. The van der Waals surface area contributed by atoms with E-state index >= 15 is 0 Å². The first-order valence-corrected chi connectivity index (χ1v) is 9.97. The number of hydrogen-bond acceptors (Lipinski definition) is 6. The molecule has 1 fully saturated rings. The van der Waals surface area contributed by atoms with Crippen LogP contribution in [0, 0.1) is 6.92 Å². The van der Waals surface area contributed by atoms with Crippen LogP contribution in [0.15, 0.2) is 51.9 Å². The Morgan fingerprint density at radius 2 is 1.77 bits per heavy atom. The van der Waals surface area contributed by atoms with Gasteiger partial charge in [-0.05, 0) is 22.9 Å². The van der Waals surface area contributed by atoms with Crippen LogP contribution in [0.3, 0.4) is 0 Å². The van der Waals surface area contributed by atoms with E-state index < -0.39 is 10.0 Å². The second-order valence-electron chi connectivity index (χ2n) is 6.42. The first-order chi connectivity index (χ1) is 12.5. The van der Waals surface area contributed by atoms with Crippen molar-refractivity contribution in [3.63, 3.8) is 0 Å². The van der Waals surface area contributed by atoms with Crippen molar-refractivity contribution in [2.24, 2.45) is 0 Å². The molecule has 0 radical (unpaired) electrons. The van der Waals surface area contributed by atoms with Crippen LogP contribution in [0.4, 0.5) is 0 Å². The Kier molecular flexibility index (Phi) is 4.47. The van der Waals surface area contributed by atoms with Gasteiger partial charge in [0.2, 0.25) is 15.9 Å². The molecule has 8 heteroatoms. The van der Waals surface area contributed by atoms with E-state index in [4.69, 9.17) is 4.52 Å². The third kappa shape index (κ3) is 3.35. The van der Waals surface area contributed by atoms with Gasteiger partial charge in [-0.15, -0.1) is 0 Å². The summed E-state index contributed by atoms with van der Waals surface area (Å²) in [7, 11) is -3.49. The first-order valence-electron chi connectivity index (χ1n) is 8.53. The molecule has 26 heavy (non-hydrogen) atoms. The molecule has 7 nitrogen and oxygen atoms in total. The molecule has 1 aliphatic heterocycles. The quantitative estimate of drug-likeness (QED) is 0.697. The first kappa shape index (κ1) is 17.1. The Balaban J connectivity index is 1.46. The van der Waals surface area contributed by atoms with E-state index in [0.29, 0.717) is 49.3 Å². The standard InChI is InChI=1S/C18H20N4O3S/c1-14-19-18(20-25-14)13-21-8-10-22(11-9-21)26(23,24)17-7-6-15-4-2-3-5-16(15)12-17/h2-7,12H,8-11,13H2,1H3. The minimum absolute atomic E-state index is 0.346. The van der Waals surface area contributed by atoms with Gasteiger partial charge >= 0.3 is 0 Å². The van der Waals surface area contributed by atoms with Gasteiger partial charge in [-0.1, -0.05) is 35.5 Å². The Morgan fingerprint density at radius 3 is 2.46 bits per heavy atom. The molecule has 0 N–H and O–H groups in total. The number of piperazine rings is 1. The van der Waals surface area contributed by atoms with Crippen LogP contribution in [0.25, 0.3) is 10.8 Å². The highest BCUT2D eigenvalue weighted by Crippen LogP contribution is 2.23. The third-order valence-electron chi connectivity index (χ3n) is 4.62. The zero-order valence-corrected chi connectivity index (χ0v) is 15.3. The molecule has 2 aromatic carbocycles. The normalized spacial score (nSPS) is 17.0. The number of benzene rings is 2. The Morgan fingerprint density at radius 1 is 1.04 bits per heavy atom. The average molecular weight is 372 g/mol. The predicted octanol–water partition coefficient (Wildman–Crippen LogP) is 2.04. The van der Waals surface area contributed by atoms with Crippen molar-refractivity contribution in [2.75, 3.05) is 26.2 Å². The SMILES string of the molecule is Cc1nc(CN2CCN(S(=O)(=O)c3ccc4ccccc4c3)CC2)no1. The number of sulfonamides is 1. The van der Waals surface area contributed by atoms with Crippen LogP contribution in [0.2, 0.25) is 0 Å². The summed E-state index contributed by atoms with van der Waals surface area (Å²) in [5.41, 5.74) is 0. The lowest BCUT2D eigenvalue weighted by molar-refractivity contribution is 0.176. The highest BCUT2D eigenvalue weighted by Gasteiger charge is 2.29. The lowest BCUT2D eigenvalue weighted by Crippen LogP contribution is -2.48. The Hall–Kier alpha value is -2.29. The van der Waals surface area contributed by atoms with E-state index in [1.165, 1.54) is 0 Å². The van der Waals surface area contributed by atoms with Crippen LogP contribution in [-0.2, 0) is 16.6 Å². The van der Waals surface area contributed by atoms with Crippen molar-refractivity contribution < 1.29 is 12.9 Å². The highest BCUT2D eigenvalue weighted by molar-refractivity contribution is 7.89. The van der Waals surface area contributed by atoms with Gasteiger partial charge in [0.1, 0.15) is 0 Å². The highest BCUT2D eigenvalue weighted by atomic mass is 32.2. The summed E-state index contributed by atoms with van der Waals surface area (Å²) >= 11 is 0. The fourth-order valence-corrected chi connectivity index (χ4v) is 4.67. The predicted molar refractivity (Wildman–Crippen MR) is 97.0 cm³/mol. The molecular formula is C18H20N4O3S. The number of fused-ring (bicyclic) bond motifs is 1. The molecular weight excluding hydrogens is 352 g/mol. The Bertz CT molecular complexity index is 1020. The molecule has 0 amide bonds. The van der Waals surface area contributed by atoms with Crippen molar-refractivity contribution in [3.8, 4) is 0 Å². The van der Waals surface area contributed by atoms with Gasteiger partial charge < -0.3 is 4.52 Å². The van der Waals surface area contributed by atoms with Crippen molar-refractivity contribution in [1.29, 1.82) is 0 Å². The van der Waals surface area contributed by atoms with Gasteiger partial charge in [0, 0.05) is 33.1 Å². The fourth-order valence-electron chi connectivity index (χ4n) is 3.21. The maximum atomic E-state index is 13.0. The van der Waals surface area contributed by atoms with E-state index in [1.54, 1.807) is 23.4 Å². The minimum atomic E-state index is -3.49. The molecule has 0 atom stereocenters. The second kappa shape index (κ2) is 6.79. The largest absolute Gasteiger partial charge is 0.340 e. The van der Waals surface area contributed by atoms with Crippen LogP contribution in [0.5, 0.6) is 0 Å². The van der Waals surface area contributed by atoms with Gasteiger partial charge in [-0.3, -0.25) is 4.90 Å². The average Bonchev–Trinajstić information content (AvgIpc) is 3.06. The summed E-state index contributed by atoms with van der Waals surface area (Å²) in [5, 5.41) is 5.86. The van der Waals surface area contributed by atoms with E-state index in [0.717, 1.165) is 10.8 Å². The molecule has 0 spiro atoms. The lowest BCUT2D eigenvalue weighted by atomic mass is 10.1. The molecule has 0 unspecified atom stereocenters. The zero-order valence-electron chi connectivity index (χ0n) is 14.5. The smallest absolute Gasteiger partial charge is 0.243 e. The van der Waals surface area contributed by atoms with Crippen LogP contribution in [-0.4, -0.2) is 53.9 Å². The van der Waals surface area contributed by atoms with E-state index in [-0.39, 0.29) is 0 Å². The number of rotatable bonds is 4. The van der Waals surface area contributed by atoms with Gasteiger partial charge in [0.05, 0.1) is 11.4 Å². The van der Waals surface area contributed by atoms with Crippen molar-refractivity contribution in [2.45, 2.75) is 18.4 Å². The molecule has 1 saturated heterocycles. The Labute approximate surface area is 152 Å². The van der Waals surface area contributed by atoms with Crippen molar-refractivity contribution in [1.82, 2.24) is 19.3 Å². The molecule has 4 rings (SSSR count). The maximum Gasteiger partial charge on any atom is 0.243 e. The zero-order chi connectivity index (χ0) is 18.1. The van der Waals surface area contributed by atoms with Gasteiger partial charge in [-0.25, -0.2) is 8.42 Å². The van der Waals surface area contributed by atoms with Gasteiger partial charge in [0.25, 0.3) is 0 Å². The van der Waals surface area contributed by atoms with E-state index in [1.807, 2.05) is 30.3 Å².